The molecule has 0 radical (unpaired) electrons. The maximum absolute atomic E-state index is 11.4. The number of ketones is 2. The lowest BCUT2D eigenvalue weighted by Gasteiger charge is -2.24. The quantitative estimate of drug-likeness (QED) is 0.707. The van der Waals surface area contributed by atoms with Gasteiger partial charge in [0.15, 0.2) is 0 Å². The lowest BCUT2D eigenvalue weighted by molar-refractivity contribution is -0.130. The van der Waals surface area contributed by atoms with Gasteiger partial charge in [-0.05, 0) is 37.3 Å². The average molecular weight is 350 g/mol. The second kappa shape index (κ2) is 9.80. The molecular weight excluding hydrogens is 320 g/mol. The number of Topliss-reactive ketones (excluding diaryl/α,β-unsaturated/α-hetero) is 2. The predicted octanol–water partition coefficient (Wildman–Crippen LogP) is 2.07. The Labute approximate surface area is 149 Å². The first-order chi connectivity index (χ1) is 11.8. The van der Waals surface area contributed by atoms with Crippen LogP contribution in [0.2, 0.25) is 0 Å². The number of hydrogen-bond acceptors (Lipinski definition) is 5. The van der Waals surface area contributed by atoms with Gasteiger partial charge in [-0.25, -0.2) is 0 Å². The zero-order chi connectivity index (χ0) is 19.0. The van der Waals surface area contributed by atoms with Crippen molar-refractivity contribution >= 4 is 11.6 Å². The zero-order valence-corrected chi connectivity index (χ0v) is 15.4. The van der Waals surface area contributed by atoms with Crippen LogP contribution in [0.4, 0.5) is 0 Å². The molecule has 0 atom stereocenters. The highest BCUT2D eigenvalue weighted by Crippen LogP contribution is 2.31. The van der Waals surface area contributed by atoms with Crippen LogP contribution in [0.15, 0.2) is 18.2 Å². The minimum atomic E-state index is -0.667. The van der Waals surface area contributed by atoms with Gasteiger partial charge in [0, 0.05) is 18.3 Å². The summed E-state index contributed by atoms with van der Waals surface area (Å²) in [4.78, 5) is 22.8. The molecule has 3 N–H and O–H groups in total. The van der Waals surface area contributed by atoms with Gasteiger partial charge in [0.2, 0.25) is 0 Å². The number of aryl methyl sites for hydroxylation is 2. The molecule has 0 heterocycles. The van der Waals surface area contributed by atoms with Crippen molar-refractivity contribution in [1.29, 1.82) is 0 Å². The Morgan fingerprint density at radius 3 is 1.88 bits per heavy atom. The summed E-state index contributed by atoms with van der Waals surface area (Å²) >= 11 is 0. The SMILES string of the molecule is CCC(CO)(CO)CO.Cc1ccc(C2CC(=O)CC(=O)C2)c(C)c1. The number of benzene rings is 1. The monoisotopic (exact) mass is 350 g/mol. The van der Waals surface area contributed by atoms with Gasteiger partial charge in [-0.1, -0.05) is 30.7 Å². The van der Waals surface area contributed by atoms with E-state index >= 15 is 0 Å². The van der Waals surface area contributed by atoms with Gasteiger partial charge in [-0.2, -0.15) is 0 Å². The molecule has 0 aromatic heterocycles. The fourth-order valence-corrected chi connectivity index (χ4v) is 2.98. The number of rotatable bonds is 5. The molecule has 25 heavy (non-hydrogen) atoms. The first kappa shape index (κ1) is 21.5. The molecule has 1 fully saturated rings. The molecule has 1 aromatic carbocycles. The minimum absolute atomic E-state index is 0.0845. The molecule has 5 heteroatoms. The van der Waals surface area contributed by atoms with E-state index in [1.165, 1.54) is 11.1 Å². The van der Waals surface area contributed by atoms with Crippen LogP contribution in [0.1, 0.15) is 55.2 Å². The summed E-state index contributed by atoms with van der Waals surface area (Å²) in [6, 6.07) is 6.21. The zero-order valence-electron chi connectivity index (χ0n) is 15.4. The van der Waals surface area contributed by atoms with Gasteiger partial charge in [0.25, 0.3) is 0 Å². The normalized spacial score (nSPS) is 15.8. The molecule has 1 aliphatic rings. The topological polar surface area (TPSA) is 94.8 Å². The number of carbonyl (C=O) groups is 2. The van der Waals surface area contributed by atoms with Crippen molar-refractivity contribution in [2.75, 3.05) is 19.8 Å². The highest BCUT2D eigenvalue weighted by Gasteiger charge is 2.27. The minimum Gasteiger partial charge on any atom is -0.396 e. The fraction of sp³-hybridized carbons (Fsp3) is 0.600. The third-order valence-electron chi connectivity index (χ3n) is 4.96. The van der Waals surface area contributed by atoms with E-state index in [4.69, 9.17) is 15.3 Å². The molecule has 0 amide bonds. The van der Waals surface area contributed by atoms with Crippen molar-refractivity contribution in [1.82, 2.24) is 0 Å². The van der Waals surface area contributed by atoms with Crippen LogP contribution >= 0.6 is 0 Å². The molecule has 1 saturated carbocycles. The van der Waals surface area contributed by atoms with E-state index in [-0.39, 0.29) is 43.7 Å². The summed E-state index contributed by atoms with van der Waals surface area (Å²) in [5.41, 5.74) is 2.90. The maximum Gasteiger partial charge on any atom is 0.140 e. The Bertz CT molecular complexity index is 556. The van der Waals surface area contributed by atoms with Crippen LogP contribution in [0.3, 0.4) is 0 Å². The predicted molar refractivity (Wildman–Crippen MR) is 96.5 cm³/mol. The highest BCUT2D eigenvalue weighted by molar-refractivity contribution is 6.02. The van der Waals surface area contributed by atoms with E-state index in [2.05, 4.69) is 12.1 Å². The number of carbonyl (C=O) groups excluding carboxylic acids is 2. The van der Waals surface area contributed by atoms with Gasteiger partial charge >= 0.3 is 0 Å². The summed E-state index contributed by atoms with van der Waals surface area (Å²) in [5, 5.41) is 26.0. The van der Waals surface area contributed by atoms with Crippen molar-refractivity contribution in [2.24, 2.45) is 5.41 Å². The van der Waals surface area contributed by atoms with Crippen molar-refractivity contribution < 1.29 is 24.9 Å². The van der Waals surface area contributed by atoms with Crippen LogP contribution in [0.25, 0.3) is 0 Å². The van der Waals surface area contributed by atoms with Crippen LogP contribution in [0, 0.1) is 19.3 Å². The van der Waals surface area contributed by atoms with Crippen molar-refractivity contribution in [3.63, 3.8) is 0 Å². The van der Waals surface area contributed by atoms with Gasteiger partial charge < -0.3 is 15.3 Å². The Balaban J connectivity index is 0.000000299. The largest absolute Gasteiger partial charge is 0.396 e. The van der Waals surface area contributed by atoms with E-state index in [1.54, 1.807) is 0 Å². The molecule has 1 aromatic rings. The van der Waals surface area contributed by atoms with Gasteiger partial charge in [-0.3, -0.25) is 9.59 Å². The molecule has 0 saturated heterocycles. The molecular formula is C20H30O5. The second-order valence-electron chi connectivity index (χ2n) is 7.05. The van der Waals surface area contributed by atoms with Crippen LogP contribution < -0.4 is 0 Å². The first-order valence-corrected chi connectivity index (χ1v) is 8.74. The molecule has 1 aliphatic carbocycles. The molecule has 140 valence electrons. The van der Waals surface area contributed by atoms with Crippen LogP contribution in [-0.4, -0.2) is 46.7 Å². The second-order valence-corrected chi connectivity index (χ2v) is 7.05. The van der Waals surface area contributed by atoms with Crippen molar-refractivity contribution in [3.8, 4) is 0 Å². The summed E-state index contributed by atoms with van der Waals surface area (Å²) in [6.07, 6.45) is 1.78. The van der Waals surface area contributed by atoms with E-state index < -0.39 is 5.41 Å². The summed E-state index contributed by atoms with van der Waals surface area (Å²) < 4.78 is 0. The smallest absolute Gasteiger partial charge is 0.140 e. The van der Waals surface area contributed by atoms with Crippen molar-refractivity contribution in [2.45, 2.75) is 52.4 Å². The lowest BCUT2D eigenvalue weighted by Crippen LogP contribution is -2.32. The van der Waals surface area contributed by atoms with E-state index in [1.807, 2.05) is 26.8 Å². The van der Waals surface area contributed by atoms with Gasteiger partial charge in [0.05, 0.1) is 26.2 Å². The molecule has 2 rings (SSSR count). The Hall–Kier alpha value is -1.56. The number of aliphatic hydroxyl groups excluding tert-OH is 3. The standard InChI is InChI=1S/C14H16O2.C6H14O3/c1-9-3-4-14(10(2)5-9)11-6-12(15)8-13(16)7-11;1-2-6(3-7,4-8)5-9/h3-5,11H,6-8H2,1-2H3;7-9H,2-5H2,1H3. The van der Waals surface area contributed by atoms with Crippen molar-refractivity contribution in [3.05, 3.63) is 34.9 Å². The fourth-order valence-electron chi connectivity index (χ4n) is 2.98. The van der Waals surface area contributed by atoms with E-state index in [0.717, 1.165) is 5.56 Å². The Morgan fingerprint density at radius 1 is 1.00 bits per heavy atom. The Kier molecular flexibility index (Phi) is 8.42. The van der Waals surface area contributed by atoms with Crippen LogP contribution in [0.5, 0.6) is 0 Å². The molecule has 5 nitrogen and oxygen atoms in total. The highest BCUT2D eigenvalue weighted by atomic mass is 16.3. The number of hydrogen-bond donors (Lipinski definition) is 3. The summed E-state index contributed by atoms with van der Waals surface area (Å²) in [5.74, 6) is 0.275. The summed E-state index contributed by atoms with van der Waals surface area (Å²) in [7, 11) is 0. The Morgan fingerprint density at radius 2 is 1.52 bits per heavy atom. The first-order valence-electron chi connectivity index (χ1n) is 8.74. The van der Waals surface area contributed by atoms with Gasteiger partial charge in [0.1, 0.15) is 11.6 Å². The average Bonchev–Trinajstić information content (AvgIpc) is 2.57. The van der Waals surface area contributed by atoms with E-state index in [0.29, 0.717) is 19.3 Å². The maximum atomic E-state index is 11.4. The molecule has 0 aliphatic heterocycles. The van der Waals surface area contributed by atoms with Crippen LogP contribution in [-0.2, 0) is 9.59 Å². The third kappa shape index (κ3) is 6.03. The lowest BCUT2D eigenvalue weighted by atomic mass is 9.81. The van der Waals surface area contributed by atoms with E-state index in [9.17, 15) is 9.59 Å². The summed E-state index contributed by atoms with van der Waals surface area (Å²) in [6.45, 7) is 5.45. The third-order valence-corrected chi connectivity index (χ3v) is 4.96. The molecule has 0 bridgehead atoms. The molecule has 0 unspecified atom stereocenters. The number of aliphatic hydroxyl groups is 3. The molecule has 0 spiro atoms. The van der Waals surface area contributed by atoms with Gasteiger partial charge in [-0.15, -0.1) is 0 Å².